The van der Waals surface area contributed by atoms with Crippen molar-refractivity contribution < 1.29 is 29.3 Å². The Balaban J connectivity index is 4.18. The Morgan fingerprint density at radius 1 is 0.857 bits per heavy atom. The van der Waals surface area contributed by atoms with Crippen LogP contribution in [0.4, 0.5) is 0 Å². The van der Waals surface area contributed by atoms with Crippen molar-refractivity contribution in [3.05, 3.63) is 24.3 Å². The second kappa shape index (κ2) is 18.3. The van der Waals surface area contributed by atoms with E-state index in [0.717, 1.165) is 69.9 Å². The van der Waals surface area contributed by atoms with Crippen molar-refractivity contribution >= 4 is 17.9 Å². The van der Waals surface area contributed by atoms with E-state index in [1.807, 2.05) is 12.2 Å². The van der Waals surface area contributed by atoms with Crippen LogP contribution < -0.4 is 0 Å². The van der Waals surface area contributed by atoms with Gasteiger partial charge in [0.05, 0.1) is 0 Å². The van der Waals surface area contributed by atoms with Crippen molar-refractivity contribution in [3.63, 3.8) is 0 Å². The molecule has 28 heavy (non-hydrogen) atoms. The lowest BCUT2D eigenvalue weighted by Gasteiger charge is -2.13. The first kappa shape index (κ1) is 25.9. The summed E-state index contributed by atoms with van der Waals surface area (Å²) in [4.78, 5) is 32.7. The molecule has 0 saturated carbocycles. The molecule has 0 aliphatic rings. The van der Waals surface area contributed by atoms with Gasteiger partial charge in [0.25, 0.3) is 0 Å². The van der Waals surface area contributed by atoms with E-state index < -0.39 is 17.9 Å². The highest BCUT2D eigenvalue weighted by molar-refractivity contribution is 5.90. The molecule has 160 valence electrons. The zero-order valence-electron chi connectivity index (χ0n) is 17.1. The van der Waals surface area contributed by atoms with Gasteiger partial charge in [-0.25, -0.2) is 9.59 Å². The summed E-state index contributed by atoms with van der Waals surface area (Å²) < 4.78 is 5.36. The average Bonchev–Trinajstić information content (AvgIpc) is 2.64. The van der Waals surface area contributed by atoms with E-state index in [2.05, 4.69) is 6.92 Å². The van der Waals surface area contributed by atoms with Crippen LogP contribution >= 0.6 is 0 Å². The molecule has 0 aromatic heterocycles. The van der Waals surface area contributed by atoms with E-state index in [0.29, 0.717) is 0 Å². The van der Waals surface area contributed by atoms with Crippen LogP contribution in [0.15, 0.2) is 24.3 Å². The Hall–Kier alpha value is -2.11. The number of hydrogen-bond acceptors (Lipinski definition) is 4. The summed E-state index contributed by atoms with van der Waals surface area (Å²) in [5.41, 5.74) is 0. The molecule has 0 saturated heterocycles. The number of carbonyl (C=O) groups excluding carboxylic acids is 1. The lowest BCUT2D eigenvalue weighted by molar-refractivity contribution is -0.142. The van der Waals surface area contributed by atoms with E-state index in [-0.39, 0.29) is 12.5 Å². The molecule has 0 aromatic rings. The van der Waals surface area contributed by atoms with Crippen LogP contribution in [0.3, 0.4) is 0 Å². The maximum absolute atomic E-state index is 11.7. The number of carboxylic acid groups (broad SMARTS) is 2. The number of ether oxygens (including phenoxy) is 1. The molecule has 6 nitrogen and oxygen atoms in total. The van der Waals surface area contributed by atoms with E-state index in [4.69, 9.17) is 14.9 Å². The summed E-state index contributed by atoms with van der Waals surface area (Å²) in [6.45, 7) is 2.16. The highest BCUT2D eigenvalue weighted by atomic mass is 16.5. The molecule has 0 unspecified atom stereocenters. The van der Waals surface area contributed by atoms with Crippen LogP contribution in [0.1, 0.15) is 90.4 Å². The highest BCUT2D eigenvalue weighted by Crippen LogP contribution is 2.13. The molecule has 0 fully saturated rings. The molecular formula is C22H36O6. The quantitative estimate of drug-likeness (QED) is 0.142. The van der Waals surface area contributed by atoms with Gasteiger partial charge in [0.15, 0.2) is 0 Å². The minimum atomic E-state index is -1.17. The van der Waals surface area contributed by atoms with Gasteiger partial charge < -0.3 is 14.9 Å². The van der Waals surface area contributed by atoms with Crippen molar-refractivity contribution in [2.24, 2.45) is 0 Å². The standard InChI is InChI=1S/C22H36O6/c1-2-3-4-8-11-14-19(28-22(27)18-17-21(25)26)15-12-9-6-5-7-10-13-16-20(23)24/h12,15,17-19H,2-11,13-14,16H2,1H3,(H,23,24)(H,25,26)/b15-12-,18-17-/t19-/m1/s1. The third-order valence-electron chi connectivity index (χ3n) is 4.33. The Labute approximate surface area is 168 Å². The monoisotopic (exact) mass is 396 g/mol. The number of rotatable bonds is 18. The van der Waals surface area contributed by atoms with Crippen molar-refractivity contribution in [3.8, 4) is 0 Å². The van der Waals surface area contributed by atoms with Gasteiger partial charge in [-0.1, -0.05) is 57.9 Å². The fraction of sp³-hybridized carbons (Fsp3) is 0.682. The molecule has 0 aromatic carbocycles. The van der Waals surface area contributed by atoms with Gasteiger partial charge in [-0.2, -0.15) is 0 Å². The van der Waals surface area contributed by atoms with E-state index in [1.54, 1.807) is 0 Å². The number of hydrogen-bond donors (Lipinski definition) is 2. The number of aliphatic carboxylic acids is 2. The number of carbonyl (C=O) groups is 3. The molecule has 0 rings (SSSR count). The maximum atomic E-state index is 11.7. The predicted molar refractivity (Wildman–Crippen MR) is 109 cm³/mol. The van der Waals surface area contributed by atoms with Crippen LogP contribution in [0, 0.1) is 0 Å². The SMILES string of the molecule is CCCCCCC[C@H](/C=C\CCCCCCCC(=O)O)OC(=O)/C=C\C(=O)O. The third-order valence-corrected chi connectivity index (χ3v) is 4.33. The first-order valence-corrected chi connectivity index (χ1v) is 10.5. The van der Waals surface area contributed by atoms with Gasteiger partial charge in [0, 0.05) is 18.6 Å². The van der Waals surface area contributed by atoms with E-state index >= 15 is 0 Å². The number of carboxylic acids is 2. The van der Waals surface area contributed by atoms with Crippen molar-refractivity contribution in [1.82, 2.24) is 0 Å². The van der Waals surface area contributed by atoms with Crippen LogP contribution in [-0.4, -0.2) is 34.2 Å². The number of allylic oxidation sites excluding steroid dienone is 1. The molecule has 0 spiro atoms. The zero-order chi connectivity index (χ0) is 21.0. The summed E-state index contributed by atoms with van der Waals surface area (Å²) >= 11 is 0. The number of unbranched alkanes of at least 4 members (excludes halogenated alkanes) is 9. The predicted octanol–water partition coefficient (Wildman–Crippen LogP) is 5.27. The van der Waals surface area contributed by atoms with Crippen molar-refractivity contribution in [2.45, 2.75) is 96.5 Å². The Kier molecular flexibility index (Phi) is 16.9. The Bertz CT molecular complexity index is 495. The van der Waals surface area contributed by atoms with E-state index in [1.165, 1.54) is 19.3 Å². The first-order chi connectivity index (χ1) is 13.5. The van der Waals surface area contributed by atoms with Gasteiger partial charge in [-0.3, -0.25) is 4.79 Å². The summed E-state index contributed by atoms with van der Waals surface area (Å²) in [5, 5.41) is 17.2. The topological polar surface area (TPSA) is 101 Å². The first-order valence-electron chi connectivity index (χ1n) is 10.5. The molecule has 2 N–H and O–H groups in total. The molecular weight excluding hydrogens is 360 g/mol. The largest absolute Gasteiger partial charge is 0.481 e. The van der Waals surface area contributed by atoms with Crippen LogP contribution in [0.5, 0.6) is 0 Å². The molecule has 0 aliphatic carbocycles. The van der Waals surface area contributed by atoms with Gasteiger partial charge in [0.1, 0.15) is 6.10 Å². The molecule has 0 bridgehead atoms. The summed E-state index contributed by atoms with van der Waals surface area (Å²) in [7, 11) is 0. The summed E-state index contributed by atoms with van der Waals surface area (Å²) in [5.74, 6) is -2.55. The van der Waals surface area contributed by atoms with Gasteiger partial charge in [-0.15, -0.1) is 0 Å². The normalized spacial score (nSPS) is 12.5. The average molecular weight is 397 g/mol. The molecule has 0 amide bonds. The molecule has 6 heteroatoms. The third kappa shape index (κ3) is 18.7. The minimum Gasteiger partial charge on any atom is -0.481 e. The second-order valence-corrected chi connectivity index (χ2v) is 6.98. The smallest absolute Gasteiger partial charge is 0.331 e. The zero-order valence-corrected chi connectivity index (χ0v) is 17.1. The fourth-order valence-corrected chi connectivity index (χ4v) is 2.79. The second-order valence-electron chi connectivity index (χ2n) is 6.98. The minimum absolute atomic E-state index is 0.238. The lowest BCUT2D eigenvalue weighted by Crippen LogP contribution is -2.14. The lowest BCUT2D eigenvalue weighted by atomic mass is 10.1. The highest BCUT2D eigenvalue weighted by Gasteiger charge is 2.09. The van der Waals surface area contributed by atoms with Gasteiger partial charge in [0.2, 0.25) is 0 Å². The number of esters is 1. The molecule has 0 heterocycles. The van der Waals surface area contributed by atoms with Crippen LogP contribution in [-0.2, 0) is 19.1 Å². The molecule has 0 radical (unpaired) electrons. The Morgan fingerprint density at radius 2 is 1.50 bits per heavy atom. The Morgan fingerprint density at radius 3 is 2.18 bits per heavy atom. The molecule has 0 aliphatic heterocycles. The van der Waals surface area contributed by atoms with Crippen LogP contribution in [0.2, 0.25) is 0 Å². The fourth-order valence-electron chi connectivity index (χ4n) is 2.79. The van der Waals surface area contributed by atoms with Gasteiger partial charge in [-0.05, 0) is 38.2 Å². The summed E-state index contributed by atoms with van der Waals surface area (Å²) in [6.07, 6.45) is 17.5. The van der Waals surface area contributed by atoms with Gasteiger partial charge >= 0.3 is 17.9 Å². The van der Waals surface area contributed by atoms with Crippen molar-refractivity contribution in [2.75, 3.05) is 0 Å². The maximum Gasteiger partial charge on any atom is 0.331 e. The van der Waals surface area contributed by atoms with E-state index in [9.17, 15) is 14.4 Å². The van der Waals surface area contributed by atoms with Crippen LogP contribution in [0.25, 0.3) is 0 Å². The summed E-state index contributed by atoms with van der Waals surface area (Å²) in [6, 6.07) is 0. The molecule has 1 atom stereocenters. The van der Waals surface area contributed by atoms with Crippen molar-refractivity contribution in [1.29, 1.82) is 0 Å².